The number of amides is 2. The van der Waals surface area contributed by atoms with Gasteiger partial charge in [0.1, 0.15) is 5.82 Å². The zero-order valence-electron chi connectivity index (χ0n) is 11.8. The lowest BCUT2D eigenvalue weighted by Gasteiger charge is -2.20. The smallest absolute Gasteiger partial charge is 0.306 e. The Hall–Kier alpha value is -1.04. The van der Waals surface area contributed by atoms with Crippen LogP contribution < -0.4 is 10.4 Å². The van der Waals surface area contributed by atoms with Crippen LogP contribution in [0.4, 0.5) is 10.6 Å². The topological polar surface area (TPSA) is 80.3 Å². The Bertz CT molecular complexity index is 472. The minimum Gasteiger partial charge on any atom is -0.306 e. The molecule has 0 saturated carbocycles. The van der Waals surface area contributed by atoms with Crippen LogP contribution in [0.5, 0.6) is 0 Å². The molecule has 6 nitrogen and oxygen atoms in total. The van der Waals surface area contributed by atoms with Crippen molar-refractivity contribution in [3.05, 3.63) is 24.4 Å². The van der Waals surface area contributed by atoms with Gasteiger partial charge in [-0.1, -0.05) is 19.9 Å². The summed E-state index contributed by atoms with van der Waals surface area (Å²) in [6.07, 6.45) is 2.40. The molecule has 0 aliphatic rings. The molecule has 0 bridgehead atoms. The summed E-state index contributed by atoms with van der Waals surface area (Å²) in [5, 5.41) is 5.06. The molecule has 0 aliphatic heterocycles. The van der Waals surface area contributed by atoms with Crippen LogP contribution in [-0.2, 0) is 9.09 Å². The standard InChI is InChI=1S/C12H20N3O3PS/c1-4-10(3)20-19(17,18-5-2)15-12(16)14-11-8-6-7-9-13-11/h6-10H,4-5H2,1-3H3,(H2,13,14,15,16,17). The van der Waals surface area contributed by atoms with Gasteiger partial charge in [-0.2, -0.15) is 0 Å². The van der Waals surface area contributed by atoms with Crippen LogP contribution in [0.2, 0.25) is 0 Å². The second kappa shape index (κ2) is 8.29. The first-order valence-corrected chi connectivity index (χ1v) is 9.53. The van der Waals surface area contributed by atoms with Crippen LogP contribution in [0.3, 0.4) is 0 Å². The van der Waals surface area contributed by atoms with E-state index in [0.717, 1.165) is 17.8 Å². The number of anilines is 1. The molecule has 0 aliphatic carbocycles. The zero-order valence-corrected chi connectivity index (χ0v) is 13.5. The van der Waals surface area contributed by atoms with Gasteiger partial charge in [-0.05, 0) is 36.9 Å². The maximum atomic E-state index is 12.5. The molecule has 0 spiro atoms. The fourth-order valence-corrected chi connectivity index (χ4v) is 5.50. The molecule has 2 unspecified atom stereocenters. The number of urea groups is 1. The number of nitrogens with zero attached hydrogens (tertiary/aromatic N) is 1. The molecule has 2 atom stereocenters. The quantitative estimate of drug-likeness (QED) is 0.746. The number of hydrogen-bond donors (Lipinski definition) is 2. The second-order valence-electron chi connectivity index (χ2n) is 4.02. The van der Waals surface area contributed by atoms with Crippen LogP contribution in [0.15, 0.2) is 24.4 Å². The van der Waals surface area contributed by atoms with Crippen molar-refractivity contribution in [1.82, 2.24) is 10.1 Å². The van der Waals surface area contributed by atoms with Crippen molar-refractivity contribution in [2.45, 2.75) is 32.4 Å². The highest BCUT2D eigenvalue weighted by atomic mass is 32.7. The van der Waals surface area contributed by atoms with Gasteiger partial charge < -0.3 is 4.52 Å². The van der Waals surface area contributed by atoms with E-state index in [1.54, 1.807) is 31.3 Å². The summed E-state index contributed by atoms with van der Waals surface area (Å²) in [4.78, 5) is 15.8. The summed E-state index contributed by atoms with van der Waals surface area (Å²) < 4.78 is 17.8. The third kappa shape index (κ3) is 5.94. The molecule has 1 aromatic rings. The van der Waals surface area contributed by atoms with Gasteiger partial charge in [-0.25, -0.2) is 9.78 Å². The number of pyridine rings is 1. The van der Waals surface area contributed by atoms with Gasteiger partial charge in [0.2, 0.25) is 0 Å². The maximum absolute atomic E-state index is 12.5. The van der Waals surface area contributed by atoms with Crippen molar-refractivity contribution in [2.24, 2.45) is 0 Å². The molecule has 1 heterocycles. The highest BCUT2D eigenvalue weighted by molar-refractivity contribution is 8.56. The molecule has 0 aromatic carbocycles. The zero-order chi connectivity index (χ0) is 15.0. The minimum atomic E-state index is -3.26. The summed E-state index contributed by atoms with van der Waals surface area (Å²) in [5.41, 5.74) is 0. The SMILES string of the molecule is CCOP(=O)(NC(=O)Nc1ccccn1)SC(C)CC. The number of rotatable bonds is 7. The Balaban J connectivity index is 2.65. The van der Waals surface area contributed by atoms with Gasteiger partial charge in [-0.15, -0.1) is 0 Å². The summed E-state index contributed by atoms with van der Waals surface area (Å²) in [6, 6.07) is 4.55. The molecule has 1 aromatic heterocycles. The van der Waals surface area contributed by atoms with E-state index in [1.807, 2.05) is 13.8 Å². The fourth-order valence-electron chi connectivity index (χ4n) is 1.28. The van der Waals surface area contributed by atoms with Crippen LogP contribution in [0.1, 0.15) is 27.2 Å². The van der Waals surface area contributed by atoms with Crippen molar-refractivity contribution < 1.29 is 13.9 Å². The molecule has 0 saturated heterocycles. The Morgan fingerprint density at radius 1 is 1.50 bits per heavy atom. The number of carbonyl (C=O) groups excluding carboxylic acids is 1. The number of carbonyl (C=O) groups is 1. The van der Waals surface area contributed by atoms with E-state index in [0.29, 0.717) is 5.82 Å². The average Bonchev–Trinajstić information content (AvgIpc) is 2.39. The molecule has 112 valence electrons. The predicted molar refractivity (Wildman–Crippen MR) is 83.0 cm³/mol. The summed E-state index contributed by atoms with van der Waals surface area (Å²) in [7, 11) is 0. The average molecular weight is 317 g/mol. The lowest BCUT2D eigenvalue weighted by atomic mass is 10.4. The predicted octanol–water partition coefficient (Wildman–Crippen LogP) is 3.88. The van der Waals surface area contributed by atoms with E-state index in [4.69, 9.17) is 4.52 Å². The van der Waals surface area contributed by atoms with E-state index < -0.39 is 12.8 Å². The molecule has 2 amide bonds. The van der Waals surface area contributed by atoms with Gasteiger partial charge in [0.05, 0.1) is 6.61 Å². The van der Waals surface area contributed by atoms with Crippen LogP contribution >= 0.6 is 18.1 Å². The largest absolute Gasteiger partial charge is 0.354 e. The van der Waals surface area contributed by atoms with Gasteiger partial charge in [0.25, 0.3) is 0 Å². The maximum Gasteiger partial charge on any atom is 0.354 e. The van der Waals surface area contributed by atoms with Crippen molar-refractivity contribution >= 4 is 30.0 Å². The van der Waals surface area contributed by atoms with Crippen LogP contribution in [0.25, 0.3) is 0 Å². The molecule has 20 heavy (non-hydrogen) atoms. The van der Waals surface area contributed by atoms with E-state index in [-0.39, 0.29) is 11.9 Å². The van der Waals surface area contributed by atoms with Gasteiger partial charge in [0, 0.05) is 11.4 Å². The van der Waals surface area contributed by atoms with Crippen LogP contribution in [0, 0.1) is 0 Å². The highest BCUT2D eigenvalue weighted by Crippen LogP contribution is 2.58. The number of aromatic nitrogens is 1. The van der Waals surface area contributed by atoms with E-state index in [1.165, 1.54) is 0 Å². The lowest BCUT2D eigenvalue weighted by molar-refractivity contribution is 0.254. The van der Waals surface area contributed by atoms with Gasteiger partial charge >= 0.3 is 12.8 Å². The summed E-state index contributed by atoms with van der Waals surface area (Å²) >= 11 is 1.15. The van der Waals surface area contributed by atoms with Crippen molar-refractivity contribution in [1.29, 1.82) is 0 Å². The van der Waals surface area contributed by atoms with E-state index in [9.17, 15) is 9.36 Å². The van der Waals surface area contributed by atoms with Crippen molar-refractivity contribution in [3.63, 3.8) is 0 Å². The monoisotopic (exact) mass is 317 g/mol. The van der Waals surface area contributed by atoms with Gasteiger partial charge in [-0.3, -0.25) is 15.0 Å². The number of hydrogen-bond acceptors (Lipinski definition) is 5. The summed E-state index contributed by atoms with van der Waals surface area (Å²) in [5.74, 6) is 0.390. The molecule has 0 radical (unpaired) electrons. The van der Waals surface area contributed by atoms with Crippen molar-refractivity contribution in [3.8, 4) is 0 Å². The first kappa shape index (κ1) is 17.0. The number of nitrogens with one attached hydrogen (secondary N) is 2. The first-order chi connectivity index (χ1) is 9.49. The van der Waals surface area contributed by atoms with Gasteiger partial charge in [0.15, 0.2) is 0 Å². The Kier molecular flexibility index (Phi) is 7.05. The van der Waals surface area contributed by atoms with E-state index >= 15 is 0 Å². The summed E-state index contributed by atoms with van der Waals surface area (Å²) in [6.45, 7) is 2.68. The minimum absolute atomic E-state index is 0.127. The molecule has 1 rings (SSSR count). The third-order valence-electron chi connectivity index (χ3n) is 2.34. The normalized spacial score (nSPS) is 15.2. The Morgan fingerprint density at radius 3 is 2.80 bits per heavy atom. The molecular formula is C12H20N3O3PS. The highest BCUT2D eigenvalue weighted by Gasteiger charge is 2.28. The third-order valence-corrected chi connectivity index (χ3v) is 6.89. The molecular weight excluding hydrogens is 297 g/mol. The van der Waals surface area contributed by atoms with Crippen LogP contribution in [-0.4, -0.2) is 22.9 Å². The van der Waals surface area contributed by atoms with Crippen molar-refractivity contribution in [2.75, 3.05) is 11.9 Å². The Labute approximate surface area is 123 Å². The molecule has 0 fully saturated rings. The lowest BCUT2D eigenvalue weighted by Crippen LogP contribution is -2.27. The Morgan fingerprint density at radius 2 is 2.25 bits per heavy atom. The second-order valence-corrected chi connectivity index (χ2v) is 8.59. The molecule has 2 N–H and O–H groups in total. The fraction of sp³-hybridized carbons (Fsp3) is 0.500. The first-order valence-electron chi connectivity index (χ1n) is 6.42. The molecule has 8 heteroatoms. The van der Waals surface area contributed by atoms with E-state index in [2.05, 4.69) is 15.4 Å².